The lowest BCUT2D eigenvalue weighted by Gasteiger charge is -2.20. The van der Waals surface area contributed by atoms with Crippen LogP contribution in [0.5, 0.6) is 11.5 Å². The molecule has 1 atom stereocenters. The summed E-state index contributed by atoms with van der Waals surface area (Å²) in [7, 11) is -4.30. The zero-order valence-electron chi connectivity index (χ0n) is 15.3. The maximum atomic E-state index is 15.1. The maximum absolute atomic E-state index is 15.1. The molecule has 29 heavy (non-hydrogen) atoms. The molecule has 0 unspecified atom stereocenters. The van der Waals surface area contributed by atoms with E-state index in [9.17, 15) is 23.4 Å². The number of nitriles is 1. The van der Waals surface area contributed by atoms with Crippen molar-refractivity contribution in [2.75, 3.05) is 17.5 Å². The van der Waals surface area contributed by atoms with Crippen LogP contribution in [0, 0.1) is 17.1 Å². The van der Waals surface area contributed by atoms with Crippen LogP contribution in [0.2, 0.25) is 0 Å². The van der Waals surface area contributed by atoms with Gasteiger partial charge in [0.25, 0.3) is 5.91 Å². The van der Waals surface area contributed by atoms with Crippen LogP contribution >= 0.6 is 0 Å². The predicted molar refractivity (Wildman–Crippen MR) is 101 cm³/mol. The van der Waals surface area contributed by atoms with Crippen LogP contribution in [0.1, 0.15) is 19.8 Å². The van der Waals surface area contributed by atoms with Crippen molar-refractivity contribution in [2.45, 2.75) is 25.4 Å². The van der Waals surface area contributed by atoms with Gasteiger partial charge < -0.3 is 14.9 Å². The number of ether oxygens (including phenoxy) is 1. The molecule has 1 saturated heterocycles. The Morgan fingerprint density at radius 1 is 1.41 bits per heavy atom. The van der Waals surface area contributed by atoms with Gasteiger partial charge in [0.1, 0.15) is 23.7 Å². The lowest BCUT2D eigenvalue weighted by atomic mass is 10.00. The Bertz CT molecular complexity index is 1130. The van der Waals surface area contributed by atoms with Crippen LogP contribution in [0.4, 0.5) is 10.1 Å². The number of halogens is 1. The molecule has 1 aliphatic rings. The predicted octanol–water partition coefficient (Wildman–Crippen LogP) is 1.30. The third-order valence-corrected chi connectivity index (χ3v) is 5.82. The third-order valence-electron chi connectivity index (χ3n) is 4.44. The molecular weight excluding hydrogens is 405 g/mol. The van der Waals surface area contributed by atoms with Crippen LogP contribution in [0.25, 0.3) is 10.8 Å². The van der Waals surface area contributed by atoms with Gasteiger partial charge in [-0.2, -0.15) is 13.7 Å². The van der Waals surface area contributed by atoms with Crippen molar-refractivity contribution in [3.63, 3.8) is 0 Å². The van der Waals surface area contributed by atoms with Gasteiger partial charge in [0, 0.05) is 11.8 Å². The molecule has 0 aromatic heterocycles. The molecule has 0 aliphatic carbocycles. The number of benzene rings is 2. The van der Waals surface area contributed by atoms with E-state index in [1.54, 1.807) is 4.72 Å². The number of carbonyl (C=O) groups is 1. The van der Waals surface area contributed by atoms with Crippen LogP contribution in [0.15, 0.2) is 24.3 Å². The second-order valence-electron chi connectivity index (χ2n) is 6.91. The average molecular weight is 423 g/mol. The minimum Gasteiger partial charge on any atom is -0.506 e. The quantitative estimate of drug-likeness (QED) is 0.636. The Hall–Kier alpha value is -3.10. The summed E-state index contributed by atoms with van der Waals surface area (Å²) in [4.78, 5) is 11.4. The second-order valence-corrected chi connectivity index (χ2v) is 8.50. The van der Waals surface area contributed by atoms with E-state index >= 15 is 4.39 Å². The first-order valence-corrected chi connectivity index (χ1v) is 9.99. The Labute approximate surface area is 166 Å². The number of nitrogens with one attached hydrogen (secondary N) is 1. The minimum absolute atomic E-state index is 0.0198. The fraction of sp³-hybridized carbons (Fsp3) is 0.333. The summed E-state index contributed by atoms with van der Waals surface area (Å²) in [5, 5.41) is 29.1. The molecule has 1 fully saturated rings. The van der Waals surface area contributed by atoms with Crippen molar-refractivity contribution in [2.24, 2.45) is 0 Å². The van der Waals surface area contributed by atoms with E-state index < -0.39 is 45.5 Å². The highest BCUT2D eigenvalue weighted by Crippen LogP contribution is 2.39. The van der Waals surface area contributed by atoms with Gasteiger partial charge in [-0.15, -0.1) is 0 Å². The average Bonchev–Trinajstić information content (AvgIpc) is 2.87. The topological polar surface area (TPSA) is 140 Å². The molecule has 1 heterocycles. The van der Waals surface area contributed by atoms with Crippen molar-refractivity contribution in [3.8, 4) is 17.6 Å². The van der Waals surface area contributed by atoms with Crippen LogP contribution < -0.4 is 13.8 Å². The molecule has 3 N–H and O–H groups in total. The normalized spacial score (nSPS) is 17.6. The van der Waals surface area contributed by atoms with Crippen molar-refractivity contribution in [1.29, 1.82) is 5.26 Å². The molecule has 1 aliphatic heterocycles. The van der Waals surface area contributed by atoms with E-state index in [1.165, 1.54) is 31.2 Å². The molecular formula is C18H18FN3O6S. The number of rotatable bonds is 6. The first-order chi connectivity index (χ1) is 13.5. The fourth-order valence-electron chi connectivity index (χ4n) is 2.93. The number of aliphatic hydroxyl groups is 1. The number of phenolic OH excluding ortho intramolecular Hbond substituents is 1. The van der Waals surface area contributed by atoms with Gasteiger partial charge in [0.15, 0.2) is 5.82 Å². The molecule has 11 heteroatoms. The molecule has 154 valence electrons. The van der Waals surface area contributed by atoms with E-state index in [0.717, 1.165) is 0 Å². The van der Waals surface area contributed by atoms with Crippen molar-refractivity contribution in [3.05, 3.63) is 30.1 Å². The van der Waals surface area contributed by atoms with Crippen molar-refractivity contribution in [1.82, 2.24) is 4.72 Å². The number of phenols is 1. The molecule has 2 aromatic rings. The highest BCUT2D eigenvalue weighted by molar-refractivity contribution is 7.92. The summed E-state index contributed by atoms with van der Waals surface area (Å²) in [5.74, 6) is -2.25. The Kier molecular flexibility index (Phi) is 5.25. The smallest absolute Gasteiger partial charge is 0.326 e. The van der Waals surface area contributed by atoms with E-state index in [-0.39, 0.29) is 30.6 Å². The molecule has 0 radical (unpaired) electrons. The molecule has 0 spiro atoms. The van der Waals surface area contributed by atoms with Gasteiger partial charge in [-0.05, 0) is 30.5 Å². The Morgan fingerprint density at radius 2 is 2.14 bits per heavy atom. The van der Waals surface area contributed by atoms with E-state index in [4.69, 9.17) is 10.00 Å². The highest BCUT2D eigenvalue weighted by atomic mass is 32.2. The van der Waals surface area contributed by atoms with E-state index in [0.29, 0.717) is 9.69 Å². The number of carbonyl (C=O) groups excluding carboxylic acids is 1. The van der Waals surface area contributed by atoms with Crippen LogP contribution in [-0.2, 0) is 15.0 Å². The zero-order valence-corrected chi connectivity index (χ0v) is 16.2. The van der Waals surface area contributed by atoms with Gasteiger partial charge in [-0.1, -0.05) is 6.07 Å². The van der Waals surface area contributed by atoms with E-state index in [1.807, 2.05) is 6.07 Å². The molecule has 1 amide bonds. The summed E-state index contributed by atoms with van der Waals surface area (Å²) in [5.41, 5.74) is -1.86. The number of hydrogen-bond acceptors (Lipinski definition) is 7. The third kappa shape index (κ3) is 4.18. The number of fused-ring (bicyclic) bond motifs is 1. The number of amides is 1. The Morgan fingerprint density at radius 3 is 2.76 bits per heavy atom. The number of aromatic hydroxyl groups is 1. The van der Waals surface area contributed by atoms with Crippen LogP contribution in [-0.4, -0.2) is 43.3 Å². The fourth-order valence-corrected chi connectivity index (χ4v) is 4.09. The standard InChI is InChI=1S/C18H18FN3O6S/c1-18(25,4-6-20)5-7-28-12-3-2-11-8-14(23)17(16(19)13(11)9-12)22-10-15(24)21-29(22,26)27/h2-3,8-9,23,25H,4-5,7,10H2,1H3,(H,21,24)/t18-/m0/s1. The first kappa shape index (κ1) is 20.6. The second kappa shape index (κ2) is 7.38. The molecule has 9 nitrogen and oxygen atoms in total. The van der Waals surface area contributed by atoms with Gasteiger partial charge in [-0.3, -0.25) is 4.79 Å². The minimum atomic E-state index is -4.30. The van der Waals surface area contributed by atoms with Gasteiger partial charge >= 0.3 is 10.2 Å². The molecule has 0 saturated carbocycles. The first-order valence-electron chi connectivity index (χ1n) is 8.55. The summed E-state index contributed by atoms with van der Waals surface area (Å²) >= 11 is 0. The largest absolute Gasteiger partial charge is 0.506 e. The number of nitrogens with zero attached hydrogens (tertiary/aromatic N) is 2. The van der Waals surface area contributed by atoms with Crippen molar-refractivity contribution < 1.29 is 32.6 Å². The zero-order chi connectivity index (χ0) is 21.4. The lowest BCUT2D eigenvalue weighted by molar-refractivity contribution is -0.117. The number of hydrogen-bond donors (Lipinski definition) is 3. The highest BCUT2D eigenvalue weighted by Gasteiger charge is 2.37. The maximum Gasteiger partial charge on any atom is 0.326 e. The van der Waals surface area contributed by atoms with Gasteiger partial charge in [0.2, 0.25) is 0 Å². The number of anilines is 1. The summed E-state index contributed by atoms with van der Waals surface area (Å²) in [6.45, 7) is 0.911. The molecule has 2 aromatic carbocycles. The molecule has 0 bridgehead atoms. The summed E-state index contributed by atoms with van der Waals surface area (Å²) in [6.07, 6.45) is 0.101. The Balaban J connectivity index is 1.93. The summed E-state index contributed by atoms with van der Waals surface area (Å²) in [6, 6.07) is 7.39. The summed E-state index contributed by atoms with van der Waals surface area (Å²) < 4.78 is 46.8. The monoisotopic (exact) mass is 423 g/mol. The van der Waals surface area contributed by atoms with Gasteiger partial charge in [0.05, 0.1) is 24.7 Å². The van der Waals surface area contributed by atoms with Crippen LogP contribution in [0.3, 0.4) is 0 Å². The van der Waals surface area contributed by atoms with Crippen molar-refractivity contribution >= 4 is 32.6 Å². The molecule has 3 rings (SSSR count). The SMILES string of the molecule is C[C@](O)(CC#N)CCOc1ccc2cc(O)c(N3CC(=O)NS3(=O)=O)c(F)c2c1. The lowest BCUT2D eigenvalue weighted by Crippen LogP contribution is -2.30. The van der Waals surface area contributed by atoms with Gasteiger partial charge in [-0.25, -0.2) is 13.4 Å². The van der Waals surface area contributed by atoms with E-state index in [2.05, 4.69) is 0 Å².